The summed E-state index contributed by atoms with van der Waals surface area (Å²) >= 11 is 0. The fraction of sp³-hybridized carbons (Fsp3) is 0.276. The van der Waals surface area contributed by atoms with Gasteiger partial charge in [-0.1, -0.05) is 12.1 Å². The summed E-state index contributed by atoms with van der Waals surface area (Å²) in [7, 11) is 0. The standard InChI is InChI=1S/C29H25N7O4/c37-26-8-7-25(27(38)34-26)36-28(39)20-6-5-18(11-21(20)29(36)40)30-12-16-9-19(10-16)35-15-17(13-32-35)24-14-31-22-3-1-2-4-23(22)33-24/h1-6,11,13-16,19,25,30H,7-10,12H2,(H,34,37,38)/t16-,19+,25?. The molecule has 2 fully saturated rings. The fourth-order valence-corrected chi connectivity index (χ4v) is 5.69. The van der Waals surface area contributed by atoms with E-state index in [1.54, 1.807) is 24.4 Å². The molecule has 1 saturated carbocycles. The lowest BCUT2D eigenvalue weighted by Gasteiger charge is -2.35. The Hall–Kier alpha value is -4.93. The molecule has 2 aromatic carbocycles. The average Bonchev–Trinajstić information content (AvgIpc) is 3.51. The SMILES string of the molecule is O=C1CCC(N2C(=O)c3ccc(NC[C@H]4C[C@@H](n5cc(-c6cnc7ccccc7n6)cn5)C4)cc3C2=O)C(=O)N1. The van der Waals surface area contributed by atoms with E-state index in [0.717, 1.165) is 52.3 Å². The minimum absolute atomic E-state index is 0.0936. The minimum Gasteiger partial charge on any atom is -0.385 e. The second-order valence-corrected chi connectivity index (χ2v) is 10.5. The quantitative estimate of drug-likeness (QED) is 0.359. The van der Waals surface area contributed by atoms with Crippen LogP contribution in [0, 0.1) is 5.92 Å². The molecule has 0 bridgehead atoms. The number of para-hydroxylation sites is 2. The molecule has 3 aliphatic rings. The van der Waals surface area contributed by atoms with Gasteiger partial charge in [-0.2, -0.15) is 5.10 Å². The predicted octanol–water partition coefficient (Wildman–Crippen LogP) is 2.96. The van der Waals surface area contributed by atoms with Crippen molar-refractivity contribution in [3.63, 3.8) is 0 Å². The maximum atomic E-state index is 13.1. The van der Waals surface area contributed by atoms with Gasteiger partial charge in [0.05, 0.1) is 46.3 Å². The van der Waals surface area contributed by atoms with Crippen LogP contribution in [0.4, 0.5) is 5.69 Å². The first-order valence-corrected chi connectivity index (χ1v) is 13.3. The Labute approximate surface area is 228 Å². The van der Waals surface area contributed by atoms with Crippen LogP contribution in [0.2, 0.25) is 0 Å². The van der Waals surface area contributed by atoms with Crippen LogP contribution in [0.25, 0.3) is 22.3 Å². The monoisotopic (exact) mass is 535 g/mol. The highest BCUT2D eigenvalue weighted by molar-refractivity contribution is 6.23. The number of carbonyl (C=O) groups excluding carboxylic acids is 4. The molecule has 1 aliphatic carbocycles. The number of benzene rings is 2. The molecule has 2 N–H and O–H groups in total. The number of nitrogens with one attached hydrogen (secondary N) is 2. The van der Waals surface area contributed by atoms with Crippen molar-refractivity contribution >= 4 is 40.3 Å². The molecule has 0 radical (unpaired) electrons. The van der Waals surface area contributed by atoms with Crippen molar-refractivity contribution < 1.29 is 19.2 Å². The number of imide groups is 2. The average molecular weight is 536 g/mol. The van der Waals surface area contributed by atoms with E-state index in [-0.39, 0.29) is 24.0 Å². The minimum atomic E-state index is -0.968. The van der Waals surface area contributed by atoms with Crippen LogP contribution in [0.3, 0.4) is 0 Å². The second-order valence-electron chi connectivity index (χ2n) is 10.5. The highest BCUT2D eigenvalue weighted by atomic mass is 16.2. The molecule has 40 heavy (non-hydrogen) atoms. The van der Waals surface area contributed by atoms with Gasteiger partial charge in [0, 0.05) is 30.4 Å². The van der Waals surface area contributed by atoms with E-state index in [1.807, 2.05) is 41.3 Å². The summed E-state index contributed by atoms with van der Waals surface area (Å²) in [5.41, 5.74) is 4.72. The Morgan fingerprint density at radius 3 is 2.58 bits per heavy atom. The summed E-state index contributed by atoms with van der Waals surface area (Å²) in [6.45, 7) is 0.721. The lowest BCUT2D eigenvalue weighted by molar-refractivity contribution is -0.136. The van der Waals surface area contributed by atoms with Gasteiger partial charge >= 0.3 is 0 Å². The zero-order valence-corrected chi connectivity index (χ0v) is 21.4. The van der Waals surface area contributed by atoms with Crippen LogP contribution in [-0.4, -0.2) is 60.9 Å². The van der Waals surface area contributed by atoms with E-state index < -0.39 is 29.7 Å². The molecule has 1 unspecified atom stereocenters. The van der Waals surface area contributed by atoms with E-state index in [1.165, 1.54) is 0 Å². The summed E-state index contributed by atoms with van der Waals surface area (Å²) in [4.78, 5) is 59.9. The molecule has 7 rings (SSSR count). The zero-order chi connectivity index (χ0) is 27.4. The van der Waals surface area contributed by atoms with Crippen LogP contribution >= 0.6 is 0 Å². The maximum Gasteiger partial charge on any atom is 0.262 e. The predicted molar refractivity (Wildman–Crippen MR) is 144 cm³/mol. The van der Waals surface area contributed by atoms with Gasteiger partial charge in [0.25, 0.3) is 11.8 Å². The van der Waals surface area contributed by atoms with Crippen LogP contribution in [-0.2, 0) is 9.59 Å². The smallest absolute Gasteiger partial charge is 0.262 e. The van der Waals surface area contributed by atoms with Crippen LogP contribution in [0.5, 0.6) is 0 Å². The van der Waals surface area contributed by atoms with Gasteiger partial charge in [-0.05, 0) is 55.5 Å². The highest BCUT2D eigenvalue weighted by Crippen LogP contribution is 2.38. The number of anilines is 1. The molecule has 2 aromatic heterocycles. The maximum absolute atomic E-state index is 13.1. The summed E-state index contributed by atoms with van der Waals surface area (Å²) in [5, 5.41) is 10.2. The van der Waals surface area contributed by atoms with Gasteiger partial charge in [0.1, 0.15) is 6.04 Å². The third kappa shape index (κ3) is 4.10. The molecule has 0 spiro atoms. The number of amides is 4. The number of fused-ring (bicyclic) bond motifs is 2. The third-order valence-corrected chi connectivity index (χ3v) is 7.97. The molecule has 11 heteroatoms. The van der Waals surface area contributed by atoms with Crippen molar-refractivity contribution in [2.45, 2.75) is 37.8 Å². The van der Waals surface area contributed by atoms with Crippen LogP contribution in [0.1, 0.15) is 52.4 Å². The Kier molecular flexibility index (Phi) is 5.65. The van der Waals surface area contributed by atoms with Gasteiger partial charge < -0.3 is 5.32 Å². The highest BCUT2D eigenvalue weighted by Gasteiger charge is 2.44. The molecule has 4 heterocycles. The summed E-state index contributed by atoms with van der Waals surface area (Å²) in [6.07, 6.45) is 7.77. The first-order valence-electron chi connectivity index (χ1n) is 13.3. The molecular formula is C29H25N7O4. The van der Waals surface area contributed by atoms with Crippen LogP contribution < -0.4 is 10.6 Å². The number of rotatable bonds is 6. The van der Waals surface area contributed by atoms with Gasteiger partial charge in [-0.15, -0.1) is 0 Å². The number of hydrogen-bond donors (Lipinski definition) is 2. The first kappa shape index (κ1) is 24.1. The molecular weight excluding hydrogens is 510 g/mol. The number of piperidine rings is 1. The van der Waals surface area contributed by atoms with E-state index in [4.69, 9.17) is 4.98 Å². The topological polar surface area (TPSA) is 139 Å². The largest absolute Gasteiger partial charge is 0.385 e. The number of carbonyl (C=O) groups is 4. The molecule has 4 amide bonds. The van der Waals surface area contributed by atoms with Crippen molar-refractivity contribution in [3.8, 4) is 11.3 Å². The lowest BCUT2D eigenvalue weighted by atomic mass is 9.80. The molecule has 11 nitrogen and oxygen atoms in total. The van der Waals surface area contributed by atoms with E-state index in [9.17, 15) is 19.2 Å². The van der Waals surface area contributed by atoms with Gasteiger partial charge in [-0.3, -0.25) is 39.1 Å². The van der Waals surface area contributed by atoms with E-state index in [2.05, 4.69) is 20.7 Å². The van der Waals surface area contributed by atoms with Gasteiger partial charge in [-0.25, -0.2) is 4.98 Å². The third-order valence-electron chi connectivity index (χ3n) is 7.97. The lowest BCUT2D eigenvalue weighted by Crippen LogP contribution is -2.54. The second kappa shape index (κ2) is 9.37. The van der Waals surface area contributed by atoms with Gasteiger partial charge in [0.2, 0.25) is 11.8 Å². The van der Waals surface area contributed by atoms with E-state index >= 15 is 0 Å². The van der Waals surface area contributed by atoms with Crippen molar-refractivity contribution in [1.82, 2.24) is 30.0 Å². The van der Waals surface area contributed by atoms with Crippen LogP contribution in [0.15, 0.2) is 61.1 Å². The summed E-state index contributed by atoms with van der Waals surface area (Å²) in [5.74, 6) is -1.58. The Morgan fingerprint density at radius 2 is 1.75 bits per heavy atom. The Morgan fingerprint density at radius 1 is 0.950 bits per heavy atom. The summed E-state index contributed by atoms with van der Waals surface area (Å²) < 4.78 is 1.99. The molecule has 1 atom stereocenters. The van der Waals surface area contributed by atoms with Crippen molar-refractivity contribution in [3.05, 3.63) is 72.2 Å². The number of aromatic nitrogens is 4. The fourth-order valence-electron chi connectivity index (χ4n) is 5.69. The van der Waals surface area contributed by atoms with Crippen molar-refractivity contribution in [2.24, 2.45) is 5.92 Å². The zero-order valence-electron chi connectivity index (χ0n) is 21.4. The summed E-state index contributed by atoms with van der Waals surface area (Å²) in [6, 6.07) is 12.2. The van der Waals surface area contributed by atoms with Gasteiger partial charge in [0.15, 0.2) is 0 Å². The van der Waals surface area contributed by atoms with E-state index in [0.29, 0.717) is 12.0 Å². The van der Waals surface area contributed by atoms with Crippen molar-refractivity contribution in [2.75, 3.05) is 11.9 Å². The first-order chi connectivity index (χ1) is 19.4. The molecule has 200 valence electrons. The Bertz CT molecular complexity index is 1710. The normalized spacial score (nSPS) is 22.3. The number of nitrogens with zero attached hydrogens (tertiary/aromatic N) is 5. The molecule has 4 aromatic rings. The molecule has 1 saturated heterocycles. The van der Waals surface area contributed by atoms with Crippen molar-refractivity contribution in [1.29, 1.82) is 0 Å². The molecule has 2 aliphatic heterocycles. The Balaban J connectivity index is 0.963. The number of hydrogen-bond acceptors (Lipinski definition) is 8.